The van der Waals surface area contributed by atoms with Gasteiger partial charge in [0.05, 0.1) is 19.8 Å². The molecule has 0 aromatic heterocycles. The number of benzene rings is 2. The highest BCUT2D eigenvalue weighted by Gasteiger charge is 2.13. The molecule has 2 aromatic carbocycles. The summed E-state index contributed by atoms with van der Waals surface area (Å²) in [6.07, 6.45) is 1.78. The third-order valence-corrected chi connectivity index (χ3v) is 4.75. The Morgan fingerprint density at radius 1 is 1.10 bits per heavy atom. The lowest BCUT2D eigenvalue weighted by molar-refractivity contribution is -0.121. The Morgan fingerprint density at radius 2 is 1.83 bits per heavy atom. The Bertz CT molecular complexity index is 840. The van der Waals surface area contributed by atoms with Gasteiger partial charge in [-0.3, -0.25) is 9.59 Å². The van der Waals surface area contributed by atoms with Crippen LogP contribution >= 0.6 is 11.6 Å². The molecule has 7 heteroatoms. The Balaban J connectivity index is 1.77. The average Bonchev–Trinajstić information content (AvgIpc) is 2.75. The number of rotatable bonds is 11. The second-order valence-corrected chi connectivity index (χ2v) is 7.35. The molecule has 0 aliphatic rings. The quantitative estimate of drug-likeness (QED) is 0.511. The number of hydrogen-bond acceptors (Lipinski definition) is 4. The molecule has 0 saturated carbocycles. The van der Waals surface area contributed by atoms with E-state index in [1.807, 2.05) is 32.0 Å². The van der Waals surface area contributed by atoms with E-state index < -0.39 is 0 Å². The van der Waals surface area contributed by atoms with Gasteiger partial charge in [-0.1, -0.05) is 24.6 Å². The Hall–Kier alpha value is -2.73. The van der Waals surface area contributed by atoms with E-state index in [1.165, 1.54) is 0 Å². The summed E-state index contributed by atoms with van der Waals surface area (Å²) in [6.45, 7) is 5.00. The smallest absolute Gasteiger partial charge is 0.251 e. The van der Waals surface area contributed by atoms with Crippen molar-refractivity contribution in [1.82, 2.24) is 10.6 Å². The van der Waals surface area contributed by atoms with Gasteiger partial charge in [0.1, 0.15) is 0 Å². The summed E-state index contributed by atoms with van der Waals surface area (Å²) in [5.41, 5.74) is 1.47. The van der Waals surface area contributed by atoms with E-state index in [1.54, 1.807) is 31.4 Å². The van der Waals surface area contributed by atoms with Crippen LogP contribution in [0.15, 0.2) is 42.5 Å². The van der Waals surface area contributed by atoms with Crippen LogP contribution in [0.25, 0.3) is 0 Å². The summed E-state index contributed by atoms with van der Waals surface area (Å²) in [4.78, 5) is 24.3. The maximum Gasteiger partial charge on any atom is 0.251 e. The molecule has 2 amide bonds. The van der Waals surface area contributed by atoms with E-state index in [-0.39, 0.29) is 17.9 Å². The van der Waals surface area contributed by atoms with Gasteiger partial charge in [0.2, 0.25) is 5.91 Å². The third-order valence-electron chi connectivity index (χ3n) is 4.50. The highest BCUT2D eigenvalue weighted by atomic mass is 35.5. The normalized spacial score (nSPS) is 11.5. The van der Waals surface area contributed by atoms with Crippen LogP contribution in [0.5, 0.6) is 11.5 Å². The monoisotopic (exact) mass is 432 g/mol. The minimum Gasteiger partial charge on any atom is -0.493 e. The standard InChI is InChI=1S/C23H29ClN2O4/c1-4-14-30-20-12-9-18(15-21(20)29-3)16(2)26-22(27)6-5-13-25-23(28)17-7-10-19(24)11-8-17/h7-12,15-16H,4-6,13-14H2,1-3H3,(H,25,28)(H,26,27). The van der Waals surface area contributed by atoms with E-state index in [2.05, 4.69) is 10.6 Å². The van der Waals surface area contributed by atoms with Crippen molar-refractivity contribution in [2.45, 2.75) is 39.2 Å². The number of ether oxygens (including phenoxy) is 2. The van der Waals surface area contributed by atoms with E-state index >= 15 is 0 Å². The Labute approximate surface area is 182 Å². The number of amides is 2. The lowest BCUT2D eigenvalue weighted by Gasteiger charge is -2.17. The lowest BCUT2D eigenvalue weighted by atomic mass is 10.1. The first-order chi connectivity index (χ1) is 14.4. The van der Waals surface area contributed by atoms with Crippen molar-refractivity contribution in [3.63, 3.8) is 0 Å². The molecule has 0 aliphatic carbocycles. The van der Waals surface area contributed by atoms with Gasteiger partial charge in [-0.25, -0.2) is 0 Å². The van der Waals surface area contributed by atoms with Crippen molar-refractivity contribution < 1.29 is 19.1 Å². The van der Waals surface area contributed by atoms with Gasteiger partial charge < -0.3 is 20.1 Å². The molecule has 2 rings (SSSR count). The predicted molar refractivity (Wildman–Crippen MR) is 118 cm³/mol. The molecule has 162 valence electrons. The van der Waals surface area contributed by atoms with Crippen molar-refractivity contribution in [3.05, 3.63) is 58.6 Å². The molecule has 0 heterocycles. The second kappa shape index (κ2) is 12.1. The predicted octanol–water partition coefficient (Wildman–Crippen LogP) is 4.52. The number of halogens is 1. The number of carbonyl (C=O) groups is 2. The van der Waals surface area contributed by atoms with Gasteiger partial charge in [0, 0.05) is 23.6 Å². The van der Waals surface area contributed by atoms with Crippen molar-refractivity contribution in [2.75, 3.05) is 20.3 Å². The molecule has 0 radical (unpaired) electrons. The highest BCUT2D eigenvalue weighted by molar-refractivity contribution is 6.30. The Morgan fingerprint density at radius 3 is 2.50 bits per heavy atom. The molecule has 0 saturated heterocycles. The highest BCUT2D eigenvalue weighted by Crippen LogP contribution is 2.30. The summed E-state index contributed by atoms with van der Waals surface area (Å²) in [6, 6.07) is 12.2. The largest absolute Gasteiger partial charge is 0.493 e. The van der Waals surface area contributed by atoms with Crippen molar-refractivity contribution in [1.29, 1.82) is 0 Å². The fraction of sp³-hybridized carbons (Fsp3) is 0.391. The summed E-state index contributed by atoms with van der Waals surface area (Å²) < 4.78 is 11.1. The maximum absolute atomic E-state index is 12.2. The molecule has 30 heavy (non-hydrogen) atoms. The topological polar surface area (TPSA) is 76.7 Å². The van der Waals surface area contributed by atoms with Crippen LogP contribution in [0.4, 0.5) is 0 Å². The van der Waals surface area contributed by atoms with E-state index in [0.717, 1.165) is 12.0 Å². The van der Waals surface area contributed by atoms with Gasteiger partial charge in [-0.05, 0) is 61.7 Å². The van der Waals surface area contributed by atoms with Gasteiger partial charge >= 0.3 is 0 Å². The van der Waals surface area contributed by atoms with Crippen molar-refractivity contribution in [2.24, 2.45) is 0 Å². The number of methoxy groups -OCH3 is 1. The van der Waals surface area contributed by atoms with Crippen molar-refractivity contribution in [3.8, 4) is 11.5 Å². The second-order valence-electron chi connectivity index (χ2n) is 6.91. The van der Waals surface area contributed by atoms with Gasteiger partial charge in [-0.2, -0.15) is 0 Å². The molecule has 2 aromatic rings. The molecule has 2 N–H and O–H groups in total. The fourth-order valence-electron chi connectivity index (χ4n) is 2.84. The summed E-state index contributed by atoms with van der Waals surface area (Å²) in [5, 5.41) is 6.36. The van der Waals surface area contributed by atoms with E-state index in [4.69, 9.17) is 21.1 Å². The summed E-state index contributed by atoms with van der Waals surface area (Å²) in [5.74, 6) is 1.08. The zero-order chi connectivity index (χ0) is 21.9. The van der Waals surface area contributed by atoms with Gasteiger partial charge in [0.15, 0.2) is 11.5 Å². The molecular formula is C23H29ClN2O4. The van der Waals surface area contributed by atoms with Crippen LogP contribution in [0.3, 0.4) is 0 Å². The number of carbonyl (C=O) groups excluding carboxylic acids is 2. The number of hydrogen-bond donors (Lipinski definition) is 2. The van der Waals surface area contributed by atoms with E-state index in [9.17, 15) is 9.59 Å². The molecule has 1 atom stereocenters. The first kappa shape index (κ1) is 23.5. The first-order valence-corrected chi connectivity index (χ1v) is 10.5. The molecule has 0 aliphatic heterocycles. The first-order valence-electron chi connectivity index (χ1n) is 10.1. The fourth-order valence-corrected chi connectivity index (χ4v) is 2.96. The van der Waals surface area contributed by atoms with Crippen LogP contribution in [-0.2, 0) is 4.79 Å². The van der Waals surface area contributed by atoms with Crippen LogP contribution < -0.4 is 20.1 Å². The molecule has 1 unspecified atom stereocenters. The van der Waals surface area contributed by atoms with Gasteiger partial charge in [0.25, 0.3) is 5.91 Å². The van der Waals surface area contributed by atoms with Crippen molar-refractivity contribution >= 4 is 23.4 Å². The molecular weight excluding hydrogens is 404 g/mol. The molecule has 0 bridgehead atoms. The molecule has 6 nitrogen and oxygen atoms in total. The summed E-state index contributed by atoms with van der Waals surface area (Å²) >= 11 is 5.82. The number of nitrogens with one attached hydrogen (secondary N) is 2. The van der Waals surface area contributed by atoms with Crippen LogP contribution in [-0.4, -0.2) is 32.1 Å². The van der Waals surface area contributed by atoms with Crippen LogP contribution in [0, 0.1) is 0 Å². The van der Waals surface area contributed by atoms with Gasteiger partial charge in [-0.15, -0.1) is 0 Å². The molecule has 0 fully saturated rings. The average molecular weight is 433 g/mol. The summed E-state index contributed by atoms with van der Waals surface area (Å²) in [7, 11) is 1.60. The van der Waals surface area contributed by atoms with Crippen LogP contribution in [0.2, 0.25) is 5.02 Å². The SMILES string of the molecule is CCCOc1ccc(C(C)NC(=O)CCCNC(=O)c2ccc(Cl)cc2)cc1OC. The van der Waals surface area contributed by atoms with E-state index in [0.29, 0.717) is 48.1 Å². The minimum atomic E-state index is -0.182. The zero-order valence-electron chi connectivity index (χ0n) is 17.7. The minimum absolute atomic E-state index is 0.0754. The third kappa shape index (κ3) is 7.26. The zero-order valence-corrected chi connectivity index (χ0v) is 18.4. The van der Waals surface area contributed by atoms with Crippen LogP contribution in [0.1, 0.15) is 55.1 Å². The Kier molecular flexibility index (Phi) is 9.48. The molecule has 0 spiro atoms. The maximum atomic E-state index is 12.2. The lowest BCUT2D eigenvalue weighted by Crippen LogP contribution is -2.29.